The highest BCUT2D eigenvalue weighted by Crippen LogP contribution is 2.28. The van der Waals surface area contributed by atoms with Crippen molar-refractivity contribution in [1.82, 2.24) is 14.9 Å². The number of rotatable bonds is 3. The van der Waals surface area contributed by atoms with Crippen LogP contribution in [0, 0.1) is 4.77 Å². The maximum absolute atomic E-state index is 12.5. The molecule has 1 aromatic heterocycles. The molecule has 21 heavy (non-hydrogen) atoms. The number of hydrogen-bond acceptors (Lipinski definition) is 3. The Labute approximate surface area is 124 Å². The topological polar surface area (TPSA) is 46.0 Å². The second-order valence-electron chi connectivity index (χ2n) is 4.72. The Kier molecular flexibility index (Phi) is 4.26. The van der Waals surface area contributed by atoms with E-state index in [1.54, 1.807) is 0 Å². The molecule has 0 saturated carbocycles. The van der Waals surface area contributed by atoms with E-state index in [4.69, 9.17) is 12.2 Å². The average molecular weight is 314 g/mol. The minimum absolute atomic E-state index is 0.114. The number of nitrogens with zero attached hydrogens (tertiary/aromatic N) is 3. The molecule has 1 N–H and O–H groups in total. The van der Waals surface area contributed by atoms with E-state index in [9.17, 15) is 13.2 Å². The Bertz CT molecular complexity index is 695. The summed E-state index contributed by atoms with van der Waals surface area (Å²) in [6.07, 6.45) is -2.90. The molecule has 4 nitrogen and oxygen atoms in total. The molecule has 1 heterocycles. The summed E-state index contributed by atoms with van der Waals surface area (Å²) in [7, 11) is 0. The Hall–Kier alpha value is -1.96. The number of aromatic nitrogens is 3. The standard InChI is InChI=1S/C13H13F3N4S/c1-8(2)11-18-19-12(21)20(11)17-7-9-3-5-10(6-4-9)13(14,15)16/h3-8H,1-2H3,(H,19,21)/b17-7-. The Morgan fingerprint density at radius 1 is 1.29 bits per heavy atom. The summed E-state index contributed by atoms with van der Waals surface area (Å²) in [5.74, 6) is 0.769. The van der Waals surface area contributed by atoms with Crippen molar-refractivity contribution in [2.75, 3.05) is 0 Å². The molecule has 0 aliphatic heterocycles. The predicted molar refractivity (Wildman–Crippen MR) is 75.9 cm³/mol. The summed E-state index contributed by atoms with van der Waals surface area (Å²) in [5, 5.41) is 10.9. The number of aromatic amines is 1. The molecule has 0 amide bonds. The maximum atomic E-state index is 12.5. The molecule has 0 aliphatic rings. The molecule has 0 aliphatic carbocycles. The minimum atomic E-state index is -4.34. The molecule has 0 bridgehead atoms. The molecule has 0 atom stereocenters. The van der Waals surface area contributed by atoms with Crippen molar-refractivity contribution in [2.24, 2.45) is 5.10 Å². The third kappa shape index (κ3) is 3.57. The Morgan fingerprint density at radius 2 is 1.90 bits per heavy atom. The van der Waals surface area contributed by atoms with Crippen molar-refractivity contribution < 1.29 is 13.2 Å². The molecule has 112 valence electrons. The van der Waals surface area contributed by atoms with Gasteiger partial charge in [0.1, 0.15) is 0 Å². The predicted octanol–water partition coefficient (Wildman–Crippen LogP) is 3.97. The lowest BCUT2D eigenvalue weighted by Crippen LogP contribution is -2.04. The van der Waals surface area contributed by atoms with Gasteiger partial charge in [-0.2, -0.15) is 28.0 Å². The van der Waals surface area contributed by atoms with Gasteiger partial charge in [0.15, 0.2) is 5.82 Å². The molecule has 2 aromatic rings. The largest absolute Gasteiger partial charge is 0.416 e. The van der Waals surface area contributed by atoms with E-state index < -0.39 is 11.7 Å². The first-order valence-electron chi connectivity index (χ1n) is 6.18. The zero-order valence-corrected chi connectivity index (χ0v) is 12.2. The highest BCUT2D eigenvalue weighted by atomic mass is 32.1. The van der Waals surface area contributed by atoms with Crippen molar-refractivity contribution in [3.63, 3.8) is 0 Å². The van der Waals surface area contributed by atoms with Gasteiger partial charge in [0.2, 0.25) is 4.77 Å². The van der Waals surface area contributed by atoms with Gasteiger partial charge in [-0.15, -0.1) is 0 Å². The van der Waals surface area contributed by atoms with Gasteiger partial charge in [0.05, 0.1) is 11.8 Å². The van der Waals surface area contributed by atoms with Crippen molar-refractivity contribution in [3.8, 4) is 0 Å². The fourth-order valence-electron chi connectivity index (χ4n) is 1.67. The first-order chi connectivity index (χ1) is 9.79. The Balaban J connectivity index is 2.26. The molecule has 0 spiro atoms. The normalized spacial score (nSPS) is 12.5. The van der Waals surface area contributed by atoms with Gasteiger partial charge in [-0.25, -0.2) is 0 Å². The number of hydrogen-bond donors (Lipinski definition) is 1. The van der Waals surface area contributed by atoms with E-state index in [0.717, 1.165) is 12.1 Å². The monoisotopic (exact) mass is 314 g/mol. The van der Waals surface area contributed by atoms with Crippen molar-refractivity contribution in [3.05, 3.63) is 46.0 Å². The average Bonchev–Trinajstić information content (AvgIpc) is 2.77. The highest BCUT2D eigenvalue weighted by Gasteiger charge is 2.29. The number of halogens is 3. The highest BCUT2D eigenvalue weighted by molar-refractivity contribution is 7.71. The summed E-state index contributed by atoms with van der Waals surface area (Å²) in [6, 6.07) is 4.73. The second kappa shape index (κ2) is 5.80. The van der Waals surface area contributed by atoms with Crippen molar-refractivity contribution in [1.29, 1.82) is 0 Å². The van der Waals surface area contributed by atoms with Crippen LogP contribution >= 0.6 is 12.2 Å². The van der Waals surface area contributed by atoms with Crippen LogP contribution in [0.15, 0.2) is 29.4 Å². The third-order valence-electron chi connectivity index (χ3n) is 2.75. The van der Waals surface area contributed by atoms with E-state index in [-0.39, 0.29) is 5.92 Å². The maximum Gasteiger partial charge on any atom is 0.416 e. The van der Waals surface area contributed by atoms with Gasteiger partial charge in [-0.05, 0) is 29.9 Å². The van der Waals surface area contributed by atoms with Gasteiger partial charge < -0.3 is 0 Å². The quantitative estimate of drug-likeness (QED) is 0.688. The number of nitrogens with one attached hydrogen (secondary N) is 1. The van der Waals surface area contributed by atoms with E-state index in [0.29, 0.717) is 16.2 Å². The van der Waals surface area contributed by atoms with Gasteiger partial charge in [0.25, 0.3) is 0 Å². The van der Waals surface area contributed by atoms with E-state index >= 15 is 0 Å². The van der Waals surface area contributed by atoms with Crippen LogP contribution < -0.4 is 0 Å². The lowest BCUT2D eigenvalue weighted by molar-refractivity contribution is -0.137. The fraction of sp³-hybridized carbons (Fsp3) is 0.308. The first kappa shape index (κ1) is 15.4. The number of alkyl halides is 3. The van der Waals surface area contributed by atoms with E-state index in [1.807, 2.05) is 13.8 Å². The summed E-state index contributed by atoms with van der Waals surface area (Å²) in [5.41, 5.74) is -0.150. The molecule has 0 fully saturated rings. The summed E-state index contributed by atoms with van der Waals surface area (Å²) >= 11 is 5.06. The summed E-state index contributed by atoms with van der Waals surface area (Å²) < 4.78 is 39.2. The number of benzene rings is 1. The molecule has 0 saturated heterocycles. The van der Waals surface area contributed by atoms with Gasteiger partial charge in [-0.3, -0.25) is 5.10 Å². The SMILES string of the molecule is CC(C)c1n[nH]c(=S)n1/N=C\c1ccc(C(F)(F)F)cc1. The molecule has 1 aromatic carbocycles. The van der Waals surface area contributed by atoms with Crippen LogP contribution in [0.3, 0.4) is 0 Å². The molecule has 2 rings (SSSR count). The summed E-state index contributed by atoms with van der Waals surface area (Å²) in [4.78, 5) is 0. The van der Waals surface area contributed by atoms with E-state index in [2.05, 4.69) is 15.3 Å². The van der Waals surface area contributed by atoms with Gasteiger partial charge in [0, 0.05) is 5.92 Å². The third-order valence-corrected chi connectivity index (χ3v) is 3.02. The fourth-order valence-corrected chi connectivity index (χ4v) is 1.86. The van der Waals surface area contributed by atoms with Crippen LogP contribution in [0.2, 0.25) is 0 Å². The zero-order chi connectivity index (χ0) is 15.6. The van der Waals surface area contributed by atoms with Crippen LogP contribution in [-0.4, -0.2) is 21.1 Å². The zero-order valence-electron chi connectivity index (χ0n) is 11.3. The van der Waals surface area contributed by atoms with Crippen LogP contribution in [0.1, 0.15) is 36.7 Å². The second-order valence-corrected chi connectivity index (χ2v) is 5.10. The van der Waals surface area contributed by atoms with Crippen LogP contribution in [0.25, 0.3) is 0 Å². The minimum Gasteiger partial charge on any atom is -0.250 e. The van der Waals surface area contributed by atoms with Crippen molar-refractivity contribution in [2.45, 2.75) is 25.9 Å². The molecular weight excluding hydrogens is 301 g/mol. The van der Waals surface area contributed by atoms with E-state index in [1.165, 1.54) is 23.0 Å². The van der Waals surface area contributed by atoms with Crippen molar-refractivity contribution >= 4 is 18.4 Å². The molecule has 0 radical (unpaired) electrons. The Morgan fingerprint density at radius 3 is 2.43 bits per heavy atom. The van der Waals surface area contributed by atoms with Crippen LogP contribution in [0.5, 0.6) is 0 Å². The molecule has 0 unspecified atom stereocenters. The first-order valence-corrected chi connectivity index (χ1v) is 6.59. The van der Waals surface area contributed by atoms with Gasteiger partial charge in [-0.1, -0.05) is 26.0 Å². The van der Waals surface area contributed by atoms with Gasteiger partial charge >= 0.3 is 6.18 Å². The van der Waals surface area contributed by atoms with Crippen LogP contribution in [0.4, 0.5) is 13.2 Å². The lowest BCUT2D eigenvalue weighted by atomic mass is 10.1. The lowest BCUT2D eigenvalue weighted by Gasteiger charge is -2.06. The molecule has 8 heteroatoms. The number of H-pyrrole nitrogens is 1. The smallest absolute Gasteiger partial charge is 0.250 e. The summed E-state index contributed by atoms with van der Waals surface area (Å²) in [6.45, 7) is 3.88. The van der Waals surface area contributed by atoms with Crippen LogP contribution in [-0.2, 0) is 6.18 Å². The molecular formula is C13H13F3N4S.